The van der Waals surface area contributed by atoms with Crippen molar-refractivity contribution in [3.63, 3.8) is 0 Å². The molecule has 0 saturated heterocycles. The molecule has 3 heterocycles. The molecule has 2 aliphatic rings. The summed E-state index contributed by atoms with van der Waals surface area (Å²) in [6.07, 6.45) is 18.5. The molecule has 11 heteroatoms. The van der Waals surface area contributed by atoms with Crippen molar-refractivity contribution >= 4 is 63.7 Å². The highest BCUT2D eigenvalue weighted by Crippen LogP contribution is 2.49. The number of aliphatic carboxylic acids is 1. The molecule has 5 aromatic rings. The normalized spacial score (nSPS) is 14.3. The molecule has 0 bridgehead atoms. The van der Waals surface area contributed by atoms with Crippen LogP contribution in [-0.2, 0) is 14.4 Å². The zero-order valence-corrected chi connectivity index (χ0v) is 47.3. The number of benzene rings is 4. The fraction of sp³-hybridized carbons (Fsp3) is 0.424. The topological polar surface area (TPSA) is 123 Å². The standard InChI is InChI=1S/C66H80N4O6S/c1-7-13-17-19-41-75-56-35-31-54(32-36-56)70(55-33-37-57(38-34-55)76-42-20-18-14-8-2)53-29-27-51(28-30-53)63-61-60(64(71)69(63)46-48(12-6)22-16-10-4)62(68(65(61)72)45-47(11-5)21-15-9-3)50-25-23-49(24-26-50)59-40-39-58(77-59)43-52(44-67)66(73)74/h23-40,43,47-48H,7-22,41-42,45-46H2,1-6H3,(H,73,74)/b52-43-. The molecule has 10 nitrogen and oxygen atoms in total. The van der Waals surface area contributed by atoms with E-state index in [1.165, 1.54) is 43.1 Å². The Labute approximate surface area is 462 Å². The molecule has 0 saturated carbocycles. The largest absolute Gasteiger partial charge is 0.494 e. The number of fused-ring (bicyclic) bond motifs is 1. The highest BCUT2D eigenvalue weighted by molar-refractivity contribution is 7.16. The molecule has 2 amide bonds. The van der Waals surface area contributed by atoms with Crippen molar-refractivity contribution in [2.75, 3.05) is 31.2 Å². The summed E-state index contributed by atoms with van der Waals surface area (Å²) in [5.74, 6) is 0.597. The van der Waals surface area contributed by atoms with E-state index >= 15 is 9.59 Å². The summed E-state index contributed by atoms with van der Waals surface area (Å²) in [7, 11) is 0. The first-order valence-corrected chi connectivity index (χ1v) is 29.4. The Morgan fingerprint density at radius 3 is 1.39 bits per heavy atom. The number of ether oxygens (including phenoxy) is 2. The van der Waals surface area contributed by atoms with E-state index in [1.807, 2.05) is 70.5 Å². The molecule has 2 unspecified atom stereocenters. The van der Waals surface area contributed by atoms with Crippen LogP contribution in [0.1, 0.15) is 160 Å². The smallest absolute Gasteiger partial charge is 0.346 e. The Hall–Kier alpha value is -6.90. The average Bonchev–Trinajstić information content (AvgIpc) is 4.13. The van der Waals surface area contributed by atoms with E-state index in [9.17, 15) is 15.2 Å². The van der Waals surface area contributed by atoms with Gasteiger partial charge in [-0.05, 0) is 133 Å². The predicted octanol–water partition coefficient (Wildman–Crippen LogP) is 17.0. The number of carboxylic acids is 1. The summed E-state index contributed by atoms with van der Waals surface area (Å²) in [6.45, 7) is 15.6. The molecule has 77 heavy (non-hydrogen) atoms. The summed E-state index contributed by atoms with van der Waals surface area (Å²) in [4.78, 5) is 50.2. The van der Waals surface area contributed by atoms with Crippen molar-refractivity contribution in [2.24, 2.45) is 11.8 Å². The summed E-state index contributed by atoms with van der Waals surface area (Å²) in [5.41, 5.74) is 7.25. The lowest BCUT2D eigenvalue weighted by Crippen LogP contribution is -2.34. The van der Waals surface area contributed by atoms with Gasteiger partial charge < -0.3 is 29.3 Å². The van der Waals surface area contributed by atoms with Gasteiger partial charge in [0.1, 0.15) is 23.1 Å². The number of carbonyl (C=O) groups is 3. The van der Waals surface area contributed by atoms with Crippen molar-refractivity contribution in [1.82, 2.24) is 9.80 Å². The lowest BCUT2D eigenvalue weighted by atomic mass is 9.97. The molecule has 1 N–H and O–H groups in total. The minimum atomic E-state index is -1.27. The molecule has 7 rings (SSSR count). The first-order valence-electron chi connectivity index (χ1n) is 28.6. The number of nitriles is 1. The number of nitrogens with zero attached hydrogens (tertiary/aromatic N) is 4. The molecule has 2 atom stereocenters. The maximum atomic E-state index is 15.5. The molecule has 0 radical (unpaired) electrons. The molecule has 2 aliphatic heterocycles. The maximum Gasteiger partial charge on any atom is 0.346 e. The van der Waals surface area contributed by atoms with Crippen molar-refractivity contribution < 1.29 is 29.0 Å². The fourth-order valence-electron chi connectivity index (χ4n) is 10.4. The second-order valence-electron chi connectivity index (χ2n) is 20.6. The lowest BCUT2D eigenvalue weighted by Gasteiger charge is -2.30. The number of carbonyl (C=O) groups excluding carboxylic acids is 2. The van der Waals surface area contributed by atoms with E-state index in [0.717, 1.165) is 127 Å². The second-order valence-corrected chi connectivity index (χ2v) is 21.7. The molecular weight excluding hydrogens is 977 g/mol. The van der Waals surface area contributed by atoms with Crippen LogP contribution in [-0.4, -0.2) is 59.0 Å². The van der Waals surface area contributed by atoms with E-state index in [1.54, 1.807) is 6.07 Å². The van der Waals surface area contributed by atoms with Crippen LogP contribution in [0.25, 0.3) is 27.9 Å². The number of carboxylic acid groups (broad SMARTS) is 1. The van der Waals surface area contributed by atoms with Gasteiger partial charge in [0.05, 0.1) is 35.8 Å². The average molecular weight is 1060 g/mol. The summed E-state index contributed by atoms with van der Waals surface area (Å²) >= 11 is 1.39. The molecule has 1 aromatic heterocycles. The van der Waals surface area contributed by atoms with Gasteiger partial charge in [-0.25, -0.2) is 4.79 Å². The molecular formula is C66H80N4O6S. The number of rotatable bonds is 32. The highest BCUT2D eigenvalue weighted by Gasteiger charge is 2.49. The van der Waals surface area contributed by atoms with Crippen molar-refractivity contribution in [3.05, 3.63) is 142 Å². The maximum absolute atomic E-state index is 15.5. The van der Waals surface area contributed by atoms with Crippen LogP contribution in [0.5, 0.6) is 11.5 Å². The summed E-state index contributed by atoms with van der Waals surface area (Å²) in [5, 5.41) is 18.8. The quantitative estimate of drug-likeness (QED) is 0.0257. The Morgan fingerprint density at radius 2 is 0.987 bits per heavy atom. The predicted molar refractivity (Wildman–Crippen MR) is 315 cm³/mol. The number of amides is 2. The summed E-state index contributed by atoms with van der Waals surface area (Å²) < 4.78 is 12.3. The van der Waals surface area contributed by atoms with Crippen LogP contribution in [0.2, 0.25) is 0 Å². The van der Waals surface area contributed by atoms with Gasteiger partial charge >= 0.3 is 5.97 Å². The van der Waals surface area contributed by atoms with Gasteiger partial charge in [0, 0.05) is 39.9 Å². The molecule has 4 aromatic carbocycles. The number of hydrogen-bond donors (Lipinski definition) is 1. The van der Waals surface area contributed by atoms with Crippen molar-refractivity contribution in [2.45, 2.75) is 144 Å². The third-order valence-corrected chi connectivity index (χ3v) is 16.1. The minimum Gasteiger partial charge on any atom is -0.494 e. The van der Waals surface area contributed by atoms with E-state index in [-0.39, 0.29) is 29.2 Å². The van der Waals surface area contributed by atoms with E-state index in [2.05, 4.69) is 95.0 Å². The van der Waals surface area contributed by atoms with Crippen LogP contribution >= 0.6 is 11.3 Å². The molecule has 0 fully saturated rings. The third-order valence-electron chi connectivity index (χ3n) is 15.0. The number of hydrogen-bond acceptors (Lipinski definition) is 8. The third kappa shape index (κ3) is 14.6. The van der Waals surface area contributed by atoms with Gasteiger partial charge in [0.15, 0.2) is 0 Å². The first-order chi connectivity index (χ1) is 37.6. The van der Waals surface area contributed by atoms with Crippen LogP contribution in [0.3, 0.4) is 0 Å². The Kier molecular flexibility index (Phi) is 21.8. The van der Waals surface area contributed by atoms with Gasteiger partial charge in [-0.15, -0.1) is 11.3 Å². The second kappa shape index (κ2) is 29.0. The number of unbranched alkanes of at least 4 members (excludes halogenated alkanes) is 8. The van der Waals surface area contributed by atoms with Crippen molar-refractivity contribution in [1.29, 1.82) is 5.26 Å². The van der Waals surface area contributed by atoms with Gasteiger partial charge in [-0.2, -0.15) is 5.26 Å². The fourth-order valence-corrected chi connectivity index (χ4v) is 11.4. The molecule has 406 valence electrons. The Balaban J connectivity index is 1.31. The first kappa shape index (κ1) is 57.8. The zero-order chi connectivity index (χ0) is 54.7. The van der Waals surface area contributed by atoms with Crippen molar-refractivity contribution in [3.8, 4) is 28.0 Å². The Morgan fingerprint density at radius 1 is 0.571 bits per heavy atom. The van der Waals surface area contributed by atoms with Crippen LogP contribution < -0.4 is 14.4 Å². The van der Waals surface area contributed by atoms with E-state index < -0.39 is 5.97 Å². The van der Waals surface area contributed by atoms with E-state index in [0.29, 0.717) is 53.7 Å². The Bertz CT molecular complexity index is 2820. The minimum absolute atomic E-state index is 0.144. The summed E-state index contributed by atoms with van der Waals surface area (Å²) in [6, 6.07) is 38.3. The van der Waals surface area contributed by atoms with Gasteiger partial charge in [-0.1, -0.05) is 155 Å². The van der Waals surface area contributed by atoms with Gasteiger partial charge in [-0.3, -0.25) is 9.59 Å². The lowest BCUT2D eigenvalue weighted by molar-refractivity contribution is -0.132. The van der Waals surface area contributed by atoms with Gasteiger partial charge in [0.2, 0.25) is 0 Å². The molecule has 0 aliphatic carbocycles. The van der Waals surface area contributed by atoms with Crippen LogP contribution in [0, 0.1) is 23.2 Å². The van der Waals surface area contributed by atoms with E-state index in [4.69, 9.17) is 9.47 Å². The molecule has 0 spiro atoms. The number of thiophene rings is 1. The zero-order valence-electron chi connectivity index (χ0n) is 46.5. The number of anilines is 3. The van der Waals surface area contributed by atoms with Gasteiger partial charge in [0.25, 0.3) is 11.8 Å². The highest BCUT2D eigenvalue weighted by atomic mass is 32.1. The van der Waals surface area contributed by atoms with Crippen LogP contribution in [0.15, 0.2) is 126 Å². The van der Waals surface area contributed by atoms with Crippen LogP contribution in [0.4, 0.5) is 17.1 Å². The monoisotopic (exact) mass is 1060 g/mol. The SMILES string of the molecule is CCCCCCOc1ccc(N(c2ccc(OCCCCCC)cc2)c2ccc(C3=C4C(=O)N(CC(CC)CCCC)C(c5ccc(-c6ccc(/C=C(/C#N)C(=O)O)s6)cc5)=C4C(=O)N3CC(CC)CCCC)cc2)cc1.